The topological polar surface area (TPSA) is 22.0 Å². The van der Waals surface area contributed by atoms with E-state index in [1.54, 1.807) is 11.3 Å². The Morgan fingerprint density at radius 2 is 2.12 bits per heavy atom. The lowest BCUT2D eigenvalue weighted by molar-refractivity contribution is -0.122. The predicted octanol–water partition coefficient (Wildman–Crippen LogP) is 3.66. The second-order valence-electron chi connectivity index (χ2n) is 4.04. The van der Waals surface area contributed by atoms with Gasteiger partial charge in [0, 0.05) is 5.92 Å². The van der Waals surface area contributed by atoms with Crippen LogP contribution in [0.1, 0.15) is 13.8 Å². The van der Waals surface area contributed by atoms with Crippen LogP contribution in [0.15, 0.2) is 24.3 Å². The van der Waals surface area contributed by atoms with Crippen molar-refractivity contribution >= 4 is 39.6 Å². The highest BCUT2D eigenvalue weighted by Gasteiger charge is 2.11. The average molecular weight is 251 g/mol. The third-order valence-corrected chi connectivity index (χ3v) is 3.96. The summed E-state index contributed by atoms with van der Waals surface area (Å²) in [6.45, 7) is 4.22. The van der Waals surface area contributed by atoms with Crippen molar-refractivity contribution in [2.24, 2.45) is 5.92 Å². The minimum atomic E-state index is 0.0561. The Balaban J connectivity index is 2.48. The zero-order valence-corrected chi connectivity index (χ0v) is 10.9. The molecule has 2 aromatic rings. The van der Waals surface area contributed by atoms with Crippen LogP contribution in [0.2, 0.25) is 0 Å². The zero-order chi connectivity index (χ0) is 11.7. The van der Waals surface area contributed by atoms with Gasteiger partial charge in [-0.1, -0.05) is 26.0 Å². The van der Waals surface area contributed by atoms with E-state index in [1.807, 2.05) is 42.7 Å². The molecule has 1 aromatic carbocycles. The number of hydrogen-bond donors (Lipinski definition) is 0. The predicted molar refractivity (Wildman–Crippen MR) is 70.5 cm³/mol. The van der Waals surface area contributed by atoms with Crippen LogP contribution in [-0.2, 0) is 11.3 Å². The van der Waals surface area contributed by atoms with Crippen LogP contribution in [0.5, 0.6) is 0 Å². The van der Waals surface area contributed by atoms with E-state index >= 15 is 0 Å². The molecule has 4 heteroatoms. The first-order chi connectivity index (χ1) is 7.59. The number of thiazole rings is 1. The molecule has 1 heterocycles. The number of aromatic nitrogens is 1. The van der Waals surface area contributed by atoms with Crippen LogP contribution in [0.25, 0.3) is 10.2 Å². The Morgan fingerprint density at radius 3 is 2.81 bits per heavy atom. The van der Waals surface area contributed by atoms with Crippen LogP contribution in [0.4, 0.5) is 0 Å². The van der Waals surface area contributed by atoms with E-state index < -0.39 is 0 Å². The van der Waals surface area contributed by atoms with Gasteiger partial charge in [-0.25, -0.2) is 0 Å². The van der Waals surface area contributed by atoms with Crippen molar-refractivity contribution in [3.63, 3.8) is 0 Å². The summed E-state index contributed by atoms with van der Waals surface area (Å²) in [4.78, 5) is 11.7. The first-order valence-electron chi connectivity index (χ1n) is 5.20. The molecule has 16 heavy (non-hydrogen) atoms. The van der Waals surface area contributed by atoms with Gasteiger partial charge in [-0.2, -0.15) is 0 Å². The quantitative estimate of drug-likeness (QED) is 0.777. The van der Waals surface area contributed by atoms with Gasteiger partial charge in [0.15, 0.2) is 9.74 Å². The van der Waals surface area contributed by atoms with Gasteiger partial charge in [-0.05, 0) is 24.4 Å². The summed E-state index contributed by atoms with van der Waals surface area (Å²) in [6, 6.07) is 8.00. The molecule has 0 aliphatic heterocycles. The third kappa shape index (κ3) is 2.08. The lowest BCUT2D eigenvalue weighted by Gasteiger charge is -2.06. The Kier molecular flexibility index (Phi) is 3.21. The summed E-state index contributed by atoms with van der Waals surface area (Å²) in [7, 11) is 0. The molecule has 0 unspecified atom stereocenters. The third-order valence-electron chi connectivity index (χ3n) is 2.53. The van der Waals surface area contributed by atoms with Gasteiger partial charge in [0.1, 0.15) is 0 Å². The Bertz CT molecular complexity index is 580. The van der Waals surface area contributed by atoms with E-state index in [-0.39, 0.29) is 11.7 Å². The molecule has 2 rings (SSSR count). The molecule has 0 saturated heterocycles. The van der Waals surface area contributed by atoms with E-state index in [4.69, 9.17) is 12.2 Å². The van der Waals surface area contributed by atoms with E-state index in [2.05, 4.69) is 0 Å². The van der Waals surface area contributed by atoms with Gasteiger partial charge < -0.3 is 4.57 Å². The summed E-state index contributed by atoms with van der Waals surface area (Å²) >= 11 is 6.85. The van der Waals surface area contributed by atoms with Gasteiger partial charge in [-0.15, -0.1) is 11.3 Å². The highest BCUT2D eigenvalue weighted by Crippen LogP contribution is 2.22. The van der Waals surface area contributed by atoms with Crippen molar-refractivity contribution in [3.05, 3.63) is 28.2 Å². The van der Waals surface area contributed by atoms with Gasteiger partial charge in [0.2, 0.25) is 0 Å². The lowest BCUT2D eigenvalue weighted by atomic mass is 10.1. The van der Waals surface area contributed by atoms with Gasteiger partial charge in [-0.3, -0.25) is 4.79 Å². The number of Topliss-reactive ketones (excluding diaryl/α,β-unsaturated/α-hetero) is 1. The van der Waals surface area contributed by atoms with Crippen LogP contribution in [0.3, 0.4) is 0 Å². The van der Waals surface area contributed by atoms with Crippen LogP contribution in [-0.4, -0.2) is 10.4 Å². The van der Waals surface area contributed by atoms with Crippen molar-refractivity contribution < 1.29 is 4.79 Å². The van der Waals surface area contributed by atoms with Crippen LogP contribution in [0, 0.1) is 9.87 Å². The van der Waals surface area contributed by atoms with E-state index in [9.17, 15) is 4.79 Å². The maximum atomic E-state index is 11.7. The fraction of sp³-hybridized carbons (Fsp3) is 0.333. The summed E-state index contributed by atoms with van der Waals surface area (Å²) in [5.74, 6) is 0.278. The fourth-order valence-corrected chi connectivity index (χ4v) is 2.82. The molecular weight excluding hydrogens is 238 g/mol. The molecule has 0 bridgehead atoms. The van der Waals surface area contributed by atoms with Gasteiger partial charge in [0.05, 0.1) is 16.8 Å². The van der Waals surface area contributed by atoms with Crippen molar-refractivity contribution in [2.75, 3.05) is 0 Å². The van der Waals surface area contributed by atoms with Crippen molar-refractivity contribution in [1.82, 2.24) is 4.57 Å². The molecule has 0 fully saturated rings. The summed E-state index contributed by atoms with van der Waals surface area (Å²) in [6.07, 6.45) is 0. The molecule has 0 amide bonds. The molecular formula is C12H13NOS2. The van der Waals surface area contributed by atoms with Gasteiger partial charge >= 0.3 is 0 Å². The summed E-state index contributed by atoms with van der Waals surface area (Å²) in [5, 5.41) is 0. The lowest BCUT2D eigenvalue weighted by Crippen LogP contribution is -2.15. The standard InChI is InChI=1S/C12H13NOS2/c1-8(2)10(14)7-13-9-5-3-4-6-11(9)16-12(13)15/h3-6,8H,7H2,1-2H3. The highest BCUT2D eigenvalue weighted by molar-refractivity contribution is 7.73. The van der Waals surface area contributed by atoms with E-state index in [0.29, 0.717) is 6.54 Å². The first kappa shape index (κ1) is 11.5. The van der Waals surface area contributed by atoms with Gasteiger partial charge in [0.25, 0.3) is 0 Å². The first-order valence-corrected chi connectivity index (χ1v) is 6.43. The molecule has 0 spiro atoms. The Morgan fingerprint density at radius 1 is 1.44 bits per heavy atom. The molecule has 84 valence electrons. The maximum Gasteiger partial charge on any atom is 0.162 e. The number of ketones is 1. The minimum absolute atomic E-state index is 0.0561. The highest BCUT2D eigenvalue weighted by atomic mass is 32.1. The smallest absolute Gasteiger partial charge is 0.162 e. The molecule has 1 aromatic heterocycles. The van der Waals surface area contributed by atoms with Crippen molar-refractivity contribution in [1.29, 1.82) is 0 Å². The SMILES string of the molecule is CC(C)C(=O)Cn1c(=S)sc2ccccc21. The number of carbonyl (C=O) groups excluding carboxylic acids is 1. The number of rotatable bonds is 3. The average Bonchev–Trinajstić information content (AvgIpc) is 2.55. The number of hydrogen-bond acceptors (Lipinski definition) is 3. The number of carbonyl (C=O) groups is 1. The zero-order valence-electron chi connectivity index (χ0n) is 9.27. The second-order valence-corrected chi connectivity index (χ2v) is 5.72. The van der Waals surface area contributed by atoms with Crippen LogP contribution < -0.4 is 0 Å². The summed E-state index contributed by atoms with van der Waals surface area (Å²) < 4.78 is 3.84. The minimum Gasteiger partial charge on any atom is -0.315 e. The monoisotopic (exact) mass is 251 g/mol. The molecule has 2 nitrogen and oxygen atoms in total. The van der Waals surface area contributed by atoms with Crippen LogP contribution >= 0.6 is 23.6 Å². The normalized spacial score (nSPS) is 11.2. The Hall–Kier alpha value is -1.00. The largest absolute Gasteiger partial charge is 0.315 e. The number of fused-ring (bicyclic) bond motifs is 1. The molecule has 0 aliphatic carbocycles. The van der Waals surface area contributed by atoms with Crippen molar-refractivity contribution in [3.8, 4) is 0 Å². The molecule has 0 radical (unpaired) electrons. The van der Waals surface area contributed by atoms with E-state index in [1.165, 1.54) is 0 Å². The van der Waals surface area contributed by atoms with E-state index in [0.717, 1.165) is 14.2 Å². The molecule has 0 saturated carbocycles. The molecule has 0 aliphatic rings. The number of para-hydroxylation sites is 1. The number of nitrogens with zero attached hydrogens (tertiary/aromatic N) is 1. The fourth-order valence-electron chi connectivity index (χ4n) is 1.50. The van der Waals surface area contributed by atoms with Crippen molar-refractivity contribution in [2.45, 2.75) is 20.4 Å². The molecule has 0 N–H and O–H groups in total. The number of benzene rings is 1. The second kappa shape index (κ2) is 4.47. The summed E-state index contributed by atoms with van der Waals surface area (Å²) in [5.41, 5.74) is 1.06. The Labute approximate surface area is 104 Å². The molecule has 0 atom stereocenters. The maximum absolute atomic E-state index is 11.7.